The molecule has 1 atom stereocenters. The zero-order valence-electron chi connectivity index (χ0n) is 12.6. The van der Waals surface area contributed by atoms with Gasteiger partial charge in [-0.25, -0.2) is 4.39 Å². The number of nitriles is 1. The highest BCUT2D eigenvalue weighted by Gasteiger charge is 2.47. The van der Waals surface area contributed by atoms with Gasteiger partial charge in [-0.3, -0.25) is 9.69 Å². The minimum Gasteiger partial charge on any atom is -0.354 e. The summed E-state index contributed by atoms with van der Waals surface area (Å²) in [5, 5.41) is 12.7. The molecule has 0 bridgehead atoms. The Hall–Kier alpha value is -2.88. The zero-order chi connectivity index (χ0) is 16.4. The second-order valence-corrected chi connectivity index (χ2v) is 5.52. The first-order valence-corrected chi connectivity index (χ1v) is 7.17. The summed E-state index contributed by atoms with van der Waals surface area (Å²) in [4.78, 5) is 14.8. The topological polar surface area (TPSA) is 73.4 Å². The molecule has 0 aliphatic carbocycles. The summed E-state index contributed by atoms with van der Waals surface area (Å²) in [7, 11) is 1.45. The van der Waals surface area contributed by atoms with Crippen LogP contribution in [0.2, 0.25) is 0 Å². The van der Waals surface area contributed by atoms with Gasteiger partial charge in [0, 0.05) is 31.6 Å². The van der Waals surface area contributed by atoms with E-state index in [0.29, 0.717) is 5.76 Å². The number of carbonyl (C=O) groups excluding carboxylic acids is 1. The molecule has 1 aromatic heterocycles. The van der Waals surface area contributed by atoms with Crippen LogP contribution in [0.15, 0.2) is 40.9 Å². The van der Waals surface area contributed by atoms with Crippen molar-refractivity contribution in [1.82, 2.24) is 10.1 Å². The lowest BCUT2D eigenvalue weighted by molar-refractivity contribution is -0.128. The lowest BCUT2D eigenvalue weighted by atomic mass is 10.0. The first-order chi connectivity index (χ1) is 11.0. The monoisotopic (exact) mass is 314 g/mol. The molecule has 3 rings (SSSR count). The third-order valence-corrected chi connectivity index (χ3v) is 3.95. The normalized spacial score (nSPS) is 20.3. The van der Waals surface area contributed by atoms with Crippen LogP contribution in [-0.4, -0.2) is 41.8 Å². The minimum atomic E-state index is -2.07. The van der Waals surface area contributed by atoms with Crippen LogP contribution in [0.1, 0.15) is 6.42 Å². The second kappa shape index (κ2) is 5.72. The van der Waals surface area contributed by atoms with E-state index in [1.807, 2.05) is 36.5 Å². The predicted molar refractivity (Wildman–Crippen MR) is 81.0 cm³/mol. The van der Waals surface area contributed by atoms with Gasteiger partial charge < -0.3 is 9.42 Å². The van der Waals surface area contributed by atoms with Crippen LogP contribution in [-0.2, 0) is 4.79 Å². The highest BCUT2D eigenvalue weighted by Crippen LogP contribution is 2.30. The molecule has 6 nitrogen and oxygen atoms in total. The molecular formula is C16H15FN4O2. The molecule has 118 valence electrons. The van der Waals surface area contributed by atoms with E-state index in [0.717, 1.165) is 10.5 Å². The number of amides is 1. The van der Waals surface area contributed by atoms with Crippen LogP contribution in [0.4, 0.5) is 10.2 Å². The van der Waals surface area contributed by atoms with Crippen molar-refractivity contribution < 1.29 is 13.7 Å². The number of nitrogens with zero attached hydrogens (tertiary/aromatic N) is 4. The Morgan fingerprint density at radius 3 is 2.87 bits per heavy atom. The fraction of sp³-hybridized carbons (Fsp3) is 0.312. The molecule has 1 fully saturated rings. The van der Waals surface area contributed by atoms with E-state index in [1.165, 1.54) is 11.9 Å². The summed E-state index contributed by atoms with van der Waals surface area (Å²) in [5.74, 6) is 0.0164. The molecule has 1 aromatic carbocycles. The van der Waals surface area contributed by atoms with Gasteiger partial charge in [-0.1, -0.05) is 35.5 Å². The number of alkyl halides is 1. The average molecular weight is 314 g/mol. The van der Waals surface area contributed by atoms with E-state index >= 15 is 0 Å². The average Bonchev–Trinajstić information content (AvgIpc) is 3.22. The molecule has 2 heterocycles. The third kappa shape index (κ3) is 2.75. The molecular weight excluding hydrogens is 299 g/mol. The first-order valence-electron chi connectivity index (χ1n) is 7.17. The number of anilines is 1. The summed E-state index contributed by atoms with van der Waals surface area (Å²) in [5.41, 5.74) is -1.25. The quantitative estimate of drug-likeness (QED) is 0.812. The van der Waals surface area contributed by atoms with Gasteiger partial charge >= 0.3 is 0 Å². The summed E-state index contributed by atoms with van der Waals surface area (Å²) in [6.07, 6.45) is 1.86. The van der Waals surface area contributed by atoms with Crippen molar-refractivity contribution in [3.63, 3.8) is 0 Å². The van der Waals surface area contributed by atoms with E-state index in [-0.39, 0.29) is 25.3 Å². The fourth-order valence-electron chi connectivity index (χ4n) is 2.60. The predicted octanol–water partition coefficient (Wildman–Crippen LogP) is 2.20. The standard InChI is InChI=1S/C16H15FN4O2/c1-20(15(22)16(17)7-8-21(10-16)11-18)14-9-13(23-19-14)12-5-3-2-4-6-12/h2-6,9H,7-8,10H2,1H3. The molecule has 23 heavy (non-hydrogen) atoms. The number of hydrogen-bond acceptors (Lipinski definition) is 5. The number of carbonyl (C=O) groups is 1. The Balaban J connectivity index is 1.79. The fourth-order valence-corrected chi connectivity index (χ4v) is 2.60. The van der Waals surface area contributed by atoms with Crippen LogP contribution in [0.5, 0.6) is 0 Å². The smallest absolute Gasteiger partial charge is 0.267 e. The van der Waals surface area contributed by atoms with Gasteiger partial charge in [0.15, 0.2) is 17.8 Å². The van der Waals surface area contributed by atoms with Gasteiger partial charge in [0.25, 0.3) is 5.91 Å². The first kappa shape index (κ1) is 15.0. The molecule has 0 spiro atoms. The summed E-state index contributed by atoms with van der Waals surface area (Å²) >= 11 is 0. The number of benzene rings is 1. The van der Waals surface area contributed by atoms with Crippen molar-refractivity contribution in [3.05, 3.63) is 36.4 Å². The number of aromatic nitrogens is 1. The SMILES string of the molecule is CN(C(=O)C1(F)CCN(C#N)C1)c1cc(-c2ccccc2)on1. The minimum absolute atomic E-state index is 0.00682. The molecule has 0 N–H and O–H groups in total. The van der Waals surface area contributed by atoms with Gasteiger partial charge in [-0.15, -0.1) is 0 Å². The Kier molecular flexibility index (Phi) is 3.74. The van der Waals surface area contributed by atoms with Gasteiger partial charge in [0.1, 0.15) is 0 Å². The molecule has 1 amide bonds. The zero-order valence-corrected chi connectivity index (χ0v) is 12.6. The van der Waals surface area contributed by atoms with E-state index in [1.54, 1.807) is 6.07 Å². The maximum atomic E-state index is 14.8. The number of halogens is 1. The van der Waals surface area contributed by atoms with Crippen molar-refractivity contribution in [2.24, 2.45) is 0 Å². The molecule has 0 saturated carbocycles. The Morgan fingerprint density at radius 2 is 2.22 bits per heavy atom. The van der Waals surface area contributed by atoms with Crippen LogP contribution < -0.4 is 4.90 Å². The highest BCUT2D eigenvalue weighted by molar-refractivity contribution is 5.99. The summed E-state index contributed by atoms with van der Waals surface area (Å²) in [6.45, 7) is 0.0106. The van der Waals surface area contributed by atoms with E-state index < -0.39 is 11.6 Å². The number of rotatable bonds is 3. The molecule has 1 saturated heterocycles. The summed E-state index contributed by atoms with van der Waals surface area (Å²) < 4.78 is 20.0. The van der Waals surface area contributed by atoms with Gasteiger partial charge in [0.2, 0.25) is 5.67 Å². The van der Waals surface area contributed by atoms with Crippen molar-refractivity contribution in [2.45, 2.75) is 12.1 Å². The van der Waals surface area contributed by atoms with E-state index in [9.17, 15) is 9.18 Å². The van der Waals surface area contributed by atoms with Gasteiger partial charge in [0.05, 0.1) is 6.54 Å². The van der Waals surface area contributed by atoms with Crippen LogP contribution in [0.25, 0.3) is 11.3 Å². The lowest BCUT2D eigenvalue weighted by Crippen LogP contribution is -2.46. The number of likely N-dealkylation sites (tertiary alicyclic amines) is 1. The van der Waals surface area contributed by atoms with E-state index in [2.05, 4.69) is 5.16 Å². The molecule has 1 unspecified atom stereocenters. The maximum Gasteiger partial charge on any atom is 0.267 e. The van der Waals surface area contributed by atoms with Crippen molar-refractivity contribution in [3.8, 4) is 17.5 Å². The Morgan fingerprint density at radius 1 is 1.48 bits per heavy atom. The molecule has 2 aromatic rings. The second-order valence-electron chi connectivity index (χ2n) is 5.52. The van der Waals surface area contributed by atoms with Crippen molar-refractivity contribution >= 4 is 11.7 Å². The highest BCUT2D eigenvalue weighted by atomic mass is 19.1. The third-order valence-electron chi connectivity index (χ3n) is 3.95. The Labute approximate surface area is 132 Å². The van der Waals surface area contributed by atoms with Crippen molar-refractivity contribution in [2.75, 3.05) is 25.0 Å². The van der Waals surface area contributed by atoms with Crippen LogP contribution >= 0.6 is 0 Å². The molecule has 1 aliphatic heterocycles. The van der Waals surface area contributed by atoms with Crippen molar-refractivity contribution in [1.29, 1.82) is 5.26 Å². The van der Waals surface area contributed by atoms with E-state index in [4.69, 9.17) is 9.78 Å². The largest absolute Gasteiger partial charge is 0.354 e. The van der Waals surface area contributed by atoms with Gasteiger partial charge in [-0.05, 0) is 0 Å². The van der Waals surface area contributed by atoms with Crippen LogP contribution in [0, 0.1) is 11.5 Å². The Bertz CT molecular complexity index is 755. The maximum absolute atomic E-state index is 14.8. The number of hydrogen-bond donors (Lipinski definition) is 0. The summed E-state index contributed by atoms with van der Waals surface area (Å²) in [6, 6.07) is 10.9. The van der Waals surface area contributed by atoms with Gasteiger partial charge in [-0.2, -0.15) is 5.26 Å². The molecule has 7 heteroatoms. The molecule has 1 aliphatic rings. The van der Waals surface area contributed by atoms with Crippen LogP contribution in [0.3, 0.4) is 0 Å². The molecule has 0 radical (unpaired) electrons. The lowest BCUT2D eigenvalue weighted by Gasteiger charge is -2.23.